The minimum Gasteiger partial charge on any atom is -0.0722 e. The Morgan fingerprint density at radius 2 is 1.42 bits per heavy atom. The maximum Gasteiger partial charge on any atom is 0.105 e. The molecule has 0 fully saturated rings. The first kappa shape index (κ1) is 12.1. The van der Waals surface area contributed by atoms with Crippen molar-refractivity contribution in [2.45, 2.75) is 53.3 Å². The first-order valence-electron chi connectivity index (χ1n) is 5.43. The van der Waals surface area contributed by atoms with Crippen molar-refractivity contribution in [3.05, 3.63) is 0 Å². The molecule has 0 spiro atoms. The zero-order valence-corrected chi connectivity index (χ0v) is 9.72. The van der Waals surface area contributed by atoms with Crippen molar-refractivity contribution in [1.82, 2.24) is 0 Å². The molecule has 0 saturated heterocycles. The lowest BCUT2D eigenvalue weighted by Gasteiger charge is -2.24. The fraction of sp³-hybridized carbons (Fsp3) is 1.00. The van der Waals surface area contributed by atoms with E-state index in [2.05, 4.69) is 42.5 Å². The van der Waals surface area contributed by atoms with Crippen LogP contribution in [0, 0.1) is 17.8 Å². The van der Waals surface area contributed by atoms with Crippen LogP contribution in [-0.4, -0.2) is 7.85 Å². The van der Waals surface area contributed by atoms with Crippen LogP contribution in [0.15, 0.2) is 0 Å². The summed E-state index contributed by atoms with van der Waals surface area (Å²) >= 11 is 0. The maximum absolute atomic E-state index is 2.36. The van der Waals surface area contributed by atoms with Gasteiger partial charge in [-0.3, -0.25) is 0 Å². The van der Waals surface area contributed by atoms with Crippen LogP contribution < -0.4 is 0 Å². The van der Waals surface area contributed by atoms with Crippen molar-refractivity contribution < 1.29 is 0 Å². The van der Waals surface area contributed by atoms with Gasteiger partial charge in [-0.05, 0) is 24.2 Å². The van der Waals surface area contributed by atoms with Crippen LogP contribution in [0.2, 0.25) is 5.82 Å². The molecule has 12 heavy (non-hydrogen) atoms. The Balaban J connectivity index is 3.87. The second-order valence-electron chi connectivity index (χ2n) is 5.26. The highest BCUT2D eigenvalue weighted by Gasteiger charge is 2.15. The molecule has 0 rings (SSSR count). The van der Waals surface area contributed by atoms with Crippen LogP contribution in [0.3, 0.4) is 0 Å². The van der Waals surface area contributed by atoms with E-state index >= 15 is 0 Å². The topological polar surface area (TPSA) is 0 Å². The lowest BCUT2D eigenvalue weighted by Crippen LogP contribution is -2.13. The first-order chi connectivity index (χ1) is 5.43. The molecule has 0 aromatic heterocycles. The lowest BCUT2D eigenvalue weighted by atomic mass is 9.75. The molecule has 0 amide bonds. The maximum atomic E-state index is 2.36. The minimum atomic E-state index is 0.856. The highest BCUT2D eigenvalue weighted by atomic mass is 14.2. The molecule has 0 N–H and O–H groups in total. The zero-order valence-electron chi connectivity index (χ0n) is 9.72. The third-order valence-electron chi connectivity index (χ3n) is 2.49. The highest BCUT2D eigenvalue weighted by molar-refractivity contribution is 6.11. The van der Waals surface area contributed by atoms with E-state index in [0.29, 0.717) is 0 Å². The Morgan fingerprint density at radius 1 is 0.917 bits per heavy atom. The molecule has 0 aliphatic rings. The molecular weight excluding hydrogens is 143 g/mol. The smallest absolute Gasteiger partial charge is 0.0722 e. The third kappa shape index (κ3) is 5.68. The van der Waals surface area contributed by atoms with Gasteiger partial charge in [-0.25, -0.2) is 0 Å². The van der Waals surface area contributed by atoms with Gasteiger partial charge in [0.25, 0.3) is 0 Å². The van der Waals surface area contributed by atoms with Gasteiger partial charge in [-0.1, -0.05) is 46.9 Å². The van der Waals surface area contributed by atoms with E-state index in [1.165, 1.54) is 12.8 Å². The summed E-state index contributed by atoms with van der Waals surface area (Å²) in [6.07, 6.45) is 2.80. The predicted molar refractivity (Wildman–Crippen MR) is 60.4 cm³/mol. The summed E-state index contributed by atoms with van der Waals surface area (Å²) < 4.78 is 0. The van der Waals surface area contributed by atoms with E-state index in [1.807, 2.05) is 0 Å². The molecule has 2 unspecified atom stereocenters. The van der Waals surface area contributed by atoms with E-state index in [9.17, 15) is 0 Å². The fourth-order valence-corrected chi connectivity index (χ4v) is 1.85. The standard InChI is InChI=1S/C11H25B/c1-8(2)6-11(9(3)4)7-10(5)12/h8-11H,6-7,12H2,1-5H3. The summed E-state index contributed by atoms with van der Waals surface area (Å²) in [6.45, 7) is 11.7. The largest absolute Gasteiger partial charge is 0.105 e. The lowest BCUT2D eigenvalue weighted by molar-refractivity contribution is 0.296. The average molecular weight is 168 g/mol. The van der Waals surface area contributed by atoms with Crippen molar-refractivity contribution >= 4 is 7.85 Å². The van der Waals surface area contributed by atoms with Gasteiger partial charge in [0.15, 0.2) is 0 Å². The normalized spacial score (nSPS) is 16.9. The Kier molecular flexibility index (Phi) is 5.70. The van der Waals surface area contributed by atoms with Gasteiger partial charge in [0.05, 0.1) is 0 Å². The summed E-state index contributed by atoms with van der Waals surface area (Å²) in [6, 6.07) is 0. The highest BCUT2D eigenvalue weighted by Crippen LogP contribution is 2.27. The molecule has 0 radical (unpaired) electrons. The van der Waals surface area contributed by atoms with Crippen molar-refractivity contribution in [1.29, 1.82) is 0 Å². The van der Waals surface area contributed by atoms with Crippen molar-refractivity contribution in [2.75, 3.05) is 0 Å². The van der Waals surface area contributed by atoms with Gasteiger partial charge in [-0.2, -0.15) is 0 Å². The number of rotatable bonds is 5. The molecule has 0 aromatic rings. The fourth-order valence-electron chi connectivity index (χ4n) is 1.85. The minimum absolute atomic E-state index is 0.856. The van der Waals surface area contributed by atoms with Crippen LogP contribution in [0.5, 0.6) is 0 Å². The SMILES string of the molecule is BC(C)CC(CC(C)C)C(C)C. The molecule has 1 heteroatoms. The van der Waals surface area contributed by atoms with Crippen LogP contribution in [0.1, 0.15) is 47.5 Å². The summed E-state index contributed by atoms with van der Waals surface area (Å²) in [5.74, 6) is 3.51. The Morgan fingerprint density at radius 3 is 1.67 bits per heavy atom. The summed E-state index contributed by atoms with van der Waals surface area (Å²) in [5.41, 5.74) is 0. The zero-order chi connectivity index (χ0) is 9.72. The van der Waals surface area contributed by atoms with Gasteiger partial charge < -0.3 is 0 Å². The van der Waals surface area contributed by atoms with Gasteiger partial charge in [0.2, 0.25) is 0 Å². The molecule has 0 saturated carbocycles. The molecular formula is C11H25B. The van der Waals surface area contributed by atoms with Gasteiger partial charge >= 0.3 is 0 Å². The van der Waals surface area contributed by atoms with E-state index in [1.54, 1.807) is 0 Å². The molecule has 72 valence electrons. The third-order valence-corrected chi connectivity index (χ3v) is 2.49. The summed E-state index contributed by atoms with van der Waals surface area (Å²) in [4.78, 5) is 0. The quantitative estimate of drug-likeness (QED) is 0.553. The summed E-state index contributed by atoms with van der Waals surface area (Å²) in [5, 5.41) is 0. The van der Waals surface area contributed by atoms with Gasteiger partial charge in [0, 0.05) is 0 Å². The van der Waals surface area contributed by atoms with E-state index in [4.69, 9.17) is 0 Å². The molecule has 0 aliphatic carbocycles. The Bertz CT molecular complexity index is 95.6. The monoisotopic (exact) mass is 168 g/mol. The van der Waals surface area contributed by atoms with Crippen LogP contribution in [0.25, 0.3) is 0 Å². The van der Waals surface area contributed by atoms with Crippen molar-refractivity contribution in [2.24, 2.45) is 17.8 Å². The first-order valence-corrected chi connectivity index (χ1v) is 5.43. The van der Waals surface area contributed by atoms with Crippen LogP contribution in [0.4, 0.5) is 0 Å². The molecule has 0 aliphatic heterocycles. The van der Waals surface area contributed by atoms with Crippen molar-refractivity contribution in [3.8, 4) is 0 Å². The number of hydrogen-bond donors (Lipinski definition) is 0. The molecule has 0 nitrogen and oxygen atoms in total. The number of hydrogen-bond acceptors (Lipinski definition) is 0. The van der Waals surface area contributed by atoms with E-state index in [0.717, 1.165) is 23.6 Å². The van der Waals surface area contributed by atoms with Gasteiger partial charge in [0.1, 0.15) is 7.85 Å². The molecule has 0 aromatic carbocycles. The Hall–Kier alpha value is 0.0649. The Labute approximate surface area is 79.5 Å². The average Bonchev–Trinajstić information content (AvgIpc) is 1.83. The van der Waals surface area contributed by atoms with Crippen LogP contribution >= 0.6 is 0 Å². The molecule has 0 heterocycles. The van der Waals surface area contributed by atoms with Crippen LogP contribution in [-0.2, 0) is 0 Å². The summed E-state index contributed by atoms with van der Waals surface area (Å²) in [7, 11) is 2.33. The second kappa shape index (κ2) is 5.67. The van der Waals surface area contributed by atoms with E-state index in [-0.39, 0.29) is 0 Å². The van der Waals surface area contributed by atoms with Crippen molar-refractivity contribution in [3.63, 3.8) is 0 Å². The van der Waals surface area contributed by atoms with Gasteiger partial charge in [-0.15, -0.1) is 0 Å². The van der Waals surface area contributed by atoms with E-state index < -0.39 is 0 Å². The second-order valence-corrected chi connectivity index (χ2v) is 5.26. The molecule has 0 bridgehead atoms. The molecule has 2 atom stereocenters. The predicted octanol–water partition coefficient (Wildman–Crippen LogP) is 3.14.